The van der Waals surface area contributed by atoms with Gasteiger partial charge in [0.1, 0.15) is 0 Å². The van der Waals surface area contributed by atoms with Crippen LogP contribution in [0.3, 0.4) is 0 Å². The average Bonchev–Trinajstić information content (AvgIpc) is 3.20. The molecule has 0 aliphatic carbocycles. The van der Waals surface area contributed by atoms with E-state index in [1.54, 1.807) is 0 Å². The van der Waals surface area contributed by atoms with E-state index in [0.717, 1.165) is 0 Å². The highest BCUT2D eigenvalue weighted by atomic mass is 15.0. The Morgan fingerprint density at radius 3 is 2.60 bits per heavy atom. The summed E-state index contributed by atoms with van der Waals surface area (Å²) in [6, 6.07) is 22.0. The molecule has 0 atom stereocenters. The summed E-state index contributed by atoms with van der Waals surface area (Å²) in [7, 11) is 0. The van der Waals surface area contributed by atoms with Gasteiger partial charge in [-0.05, 0) is 29.8 Å². The van der Waals surface area contributed by atoms with Crippen molar-refractivity contribution in [3.8, 4) is 5.69 Å². The van der Waals surface area contributed by atoms with E-state index >= 15 is 0 Å². The lowest BCUT2D eigenvalue weighted by atomic mass is 9.74. The lowest BCUT2D eigenvalue weighted by Crippen LogP contribution is -2.26. The van der Waals surface area contributed by atoms with Gasteiger partial charge >= 0.3 is 0 Å². The lowest BCUT2D eigenvalue weighted by Gasteiger charge is -2.34. The first-order chi connectivity index (χ1) is 12.2. The zero-order valence-electron chi connectivity index (χ0n) is 14.3. The van der Waals surface area contributed by atoms with Gasteiger partial charge in [0.15, 0.2) is 0 Å². The SMILES string of the molecule is CC1(C)c2ccccc2-n2ccc3cc4c([nH]c5ccccc54)c1c32. The van der Waals surface area contributed by atoms with Gasteiger partial charge in [-0.15, -0.1) is 0 Å². The molecule has 2 nitrogen and oxygen atoms in total. The molecule has 1 N–H and O–H groups in total. The predicted molar refractivity (Wildman–Crippen MR) is 105 cm³/mol. The van der Waals surface area contributed by atoms with Crippen LogP contribution in [0.5, 0.6) is 0 Å². The Morgan fingerprint density at radius 1 is 0.880 bits per heavy atom. The molecule has 6 rings (SSSR count). The van der Waals surface area contributed by atoms with Crippen LogP contribution in [0, 0.1) is 0 Å². The van der Waals surface area contributed by atoms with Crippen molar-refractivity contribution < 1.29 is 0 Å². The van der Waals surface area contributed by atoms with Crippen molar-refractivity contribution in [3.63, 3.8) is 0 Å². The highest BCUT2D eigenvalue weighted by molar-refractivity contribution is 6.14. The summed E-state index contributed by atoms with van der Waals surface area (Å²) >= 11 is 0. The van der Waals surface area contributed by atoms with Crippen molar-refractivity contribution in [2.24, 2.45) is 0 Å². The van der Waals surface area contributed by atoms with Crippen LogP contribution in [-0.2, 0) is 5.41 Å². The fourth-order valence-electron chi connectivity index (χ4n) is 4.77. The van der Waals surface area contributed by atoms with E-state index in [1.807, 2.05) is 0 Å². The molecule has 1 aliphatic rings. The first kappa shape index (κ1) is 13.3. The Hall–Kier alpha value is -3.00. The van der Waals surface area contributed by atoms with Crippen molar-refractivity contribution in [1.82, 2.24) is 9.55 Å². The van der Waals surface area contributed by atoms with Gasteiger partial charge in [0.25, 0.3) is 0 Å². The number of fused-ring (bicyclic) bond motifs is 6. The number of benzene rings is 3. The quantitative estimate of drug-likeness (QED) is 0.366. The van der Waals surface area contributed by atoms with Gasteiger partial charge in [-0.2, -0.15) is 0 Å². The van der Waals surface area contributed by atoms with E-state index < -0.39 is 0 Å². The number of hydrogen-bond donors (Lipinski definition) is 1. The van der Waals surface area contributed by atoms with E-state index in [2.05, 4.69) is 90.3 Å². The van der Waals surface area contributed by atoms with Crippen molar-refractivity contribution in [1.29, 1.82) is 0 Å². The summed E-state index contributed by atoms with van der Waals surface area (Å²) in [5.74, 6) is 0. The number of nitrogens with zero attached hydrogens (tertiary/aromatic N) is 1. The number of aromatic amines is 1. The second kappa shape index (κ2) is 4.15. The second-order valence-electron chi connectivity index (χ2n) is 7.61. The summed E-state index contributed by atoms with van der Waals surface area (Å²) in [6.45, 7) is 4.70. The molecule has 3 aromatic carbocycles. The molecule has 1 aliphatic heterocycles. The van der Waals surface area contributed by atoms with Crippen LogP contribution < -0.4 is 0 Å². The molecule has 3 heterocycles. The summed E-state index contributed by atoms with van der Waals surface area (Å²) in [5, 5.41) is 3.94. The van der Waals surface area contributed by atoms with Gasteiger partial charge in [0.05, 0.1) is 11.0 Å². The minimum atomic E-state index is -0.0520. The van der Waals surface area contributed by atoms with Gasteiger partial charge in [-0.25, -0.2) is 0 Å². The van der Waals surface area contributed by atoms with Gasteiger partial charge in [0.2, 0.25) is 0 Å². The minimum absolute atomic E-state index is 0.0520. The molecule has 25 heavy (non-hydrogen) atoms. The Labute approximate surface area is 145 Å². The maximum absolute atomic E-state index is 3.71. The molecule has 5 aromatic rings. The number of H-pyrrole nitrogens is 1. The van der Waals surface area contributed by atoms with Crippen molar-refractivity contribution in [3.05, 3.63) is 78.0 Å². The van der Waals surface area contributed by atoms with Crippen LogP contribution in [-0.4, -0.2) is 9.55 Å². The van der Waals surface area contributed by atoms with Crippen LogP contribution in [0.25, 0.3) is 38.4 Å². The zero-order chi connectivity index (χ0) is 16.8. The number of para-hydroxylation sites is 2. The Bertz CT molecular complexity index is 1310. The molecule has 0 radical (unpaired) electrons. The second-order valence-corrected chi connectivity index (χ2v) is 7.61. The first-order valence-corrected chi connectivity index (χ1v) is 8.81. The normalized spacial score (nSPS) is 15.1. The molecule has 0 bridgehead atoms. The van der Waals surface area contributed by atoms with Crippen LogP contribution in [0.4, 0.5) is 0 Å². The minimum Gasteiger partial charge on any atom is -0.354 e. The molecular formula is C23H18N2. The van der Waals surface area contributed by atoms with Crippen molar-refractivity contribution in [2.75, 3.05) is 0 Å². The first-order valence-electron chi connectivity index (χ1n) is 8.81. The van der Waals surface area contributed by atoms with Gasteiger partial charge in [-0.1, -0.05) is 50.2 Å². The molecule has 2 aromatic heterocycles. The molecule has 0 saturated heterocycles. The Morgan fingerprint density at radius 2 is 1.68 bits per heavy atom. The molecule has 0 unspecified atom stereocenters. The third kappa shape index (κ3) is 1.46. The molecule has 0 spiro atoms. The van der Waals surface area contributed by atoms with E-state index in [-0.39, 0.29) is 5.41 Å². The highest BCUT2D eigenvalue weighted by Crippen LogP contribution is 2.48. The van der Waals surface area contributed by atoms with Crippen LogP contribution >= 0.6 is 0 Å². The summed E-state index contributed by atoms with van der Waals surface area (Å²) in [4.78, 5) is 3.71. The van der Waals surface area contributed by atoms with E-state index in [9.17, 15) is 0 Å². The third-order valence-electron chi connectivity index (χ3n) is 5.91. The van der Waals surface area contributed by atoms with E-state index in [0.29, 0.717) is 0 Å². The predicted octanol–water partition coefficient (Wildman–Crippen LogP) is 5.90. The Kier molecular flexibility index (Phi) is 2.21. The Balaban J connectivity index is 1.92. The van der Waals surface area contributed by atoms with Gasteiger partial charge < -0.3 is 9.55 Å². The van der Waals surface area contributed by atoms with E-state index in [1.165, 1.54) is 49.5 Å². The molecule has 2 heteroatoms. The molecule has 120 valence electrons. The van der Waals surface area contributed by atoms with Crippen molar-refractivity contribution in [2.45, 2.75) is 19.3 Å². The monoisotopic (exact) mass is 322 g/mol. The lowest BCUT2D eigenvalue weighted by molar-refractivity contribution is 0.633. The zero-order valence-corrected chi connectivity index (χ0v) is 14.3. The molecular weight excluding hydrogens is 304 g/mol. The fraction of sp³-hybridized carbons (Fsp3) is 0.130. The maximum Gasteiger partial charge on any atom is 0.0590 e. The fourth-order valence-corrected chi connectivity index (χ4v) is 4.77. The van der Waals surface area contributed by atoms with Crippen LogP contribution in [0.2, 0.25) is 0 Å². The number of rotatable bonds is 0. The smallest absolute Gasteiger partial charge is 0.0590 e. The molecule has 0 amide bonds. The average molecular weight is 322 g/mol. The summed E-state index contributed by atoms with van der Waals surface area (Å²) in [5.41, 5.74) is 7.85. The standard InChI is InChI=1S/C23H18N2/c1-23(2)17-8-4-6-10-19(17)25-12-11-14-13-16-15-7-3-5-9-18(15)24-21(16)20(23)22(14)25/h3-13,24H,1-2H3. The number of nitrogens with one attached hydrogen (secondary N) is 1. The largest absolute Gasteiger partial charge is 0.354 e. The summed E-state index contributed by atoms with van der Waals surface area (Å²) < 4.78 is 2.36. The highest BCUT2D eigenvalue weighted by Gasteiger charge is 2.35. The maximum atomic E-state index is 3.71. The van der Waals surface area contributed by atoms with E-state index in [4.69, 9.17) is 0 Å². The van der Waals surface area contributed by atoms with Gasteiger partial charge in [-0.3, -0.25) is 0 Å². The number of hydrogen-bond acceptors (Lipinski definition) is 0. The third-order valence-corrected chi connectivity index (χ3v) is 5.91. The number of aromatic nitrogens is 2. The summed E-state index contributed by atoms with van der Waals surface area (Å²) in [6.07, 6.45) is 2.21. The van der Waals surface area contributed by atoms with Crippen molar-refractivity contribution >= 4 is 32.7 Å². The van der Waals surface area contributed by atoms with Gasteiger partial charge in [0, 0.05) is 44.5 Å². The topological polar surface area (TPSA) is 20.7 Å². The van der Waals surface area contributed by atoms with Crippen LogP contribution in [0.1, 0.15) is 25.0 Å². The van der Waals surface area contributed by atoms with Crippen LogP contribution in [0.15, 0.2) is 66.9 Å². The molecule has 0 fully saturated rings. The molecule has 0 saturated carbocycles.